The summed E-state index contributed by atoms with van der Waals surface area (Å²) in [5.74, 6) is 0. The van der Waals surface area contributed by atoms with E-state index in [0.717, 1.165) is 18.5 Å². The van der Waals surface area contributed by atoms with Crippen LogP contribution in [0.1, 0.15) is 166 Å². The fourth-order valence-electron chi connectivity index (χ4n) is 14.8. The summed E-state index contributed by atoms with van der Waals surface area (Å²) in [6, 6.07) is 59.9. The molecule has 0 amide bonds. The molecule has 3 nitrogen and oxygen atoms in total. The summed E-state index contributed by atoms with van der Waals surface area (Å²) in [5.41, 5.74) is 30.3. The molecule has 0 unspecified atom stereocenters. The minimum absolute atomic E-state index is 0.0226. The molecular weight excluding hydrogens is 930 g/mol. The zero-order valence-electron chi connectivity index (χ0n) is 48.7. The molecule has 5 aliphatic rings. The van der Waals surface area contributed by atoms with Crippen LogP contribution in [0, 0.1) is 13.8 Å². The molecule has 0 saturated heterocycles. The van der Waals surface area contributed by atoms with Crippen molar-refractivity contribution < 1.29 is 0 Å². The lowest BCUT2D eigenvalue weighted by molar-refractivity contribution is 0.332. The predicted molar refractivity (Wildman–Crippen MR) is 331 cm³/mol. The van der Waals surface area contributed by atoms with Gasteiger partial charge in [-0.1, -0.05) is 175 Å². The van der Waals surface area contributed by atoms with E-state index in [4.69, 9.17) is 0 Å². The Morgan fingerprint density at radius 1 is 0.416 bits per heavy atom. The lowest BCUT2D eigenvalue weighted by atomic mass is 9.33. The molecule has 0 N–H and O–H groups in total. The van der Waals surface area contributed by atoms with Crippen molar-refractivity contribution in [3.63, 3.8) is 0 Å². The van der Waals surface area contributed by atoms with Gasteiger partial charge in [0.25, 0.3) is 6.71 Å². The molecule has 0 bridgehead atoms. The molecule has 0 aromatic heterocycles. The Kier molecular flexibility index (Phi) is 10.7. The van der Waals surface area contributed by atoms with E-state index in [-0.39, 0.29) is 39.2 Å². The third-order valence-corrected chi connectivity index (χ3v) is 19.8. The summed E-state index contributed by atoms with van der Waals surface area (Å²) < 4.78 is 0. The molecule has 77 heavy (non-hydrogen) atoms. The van der Waals surface area contributed by atoms with E-state index in [1.165, 1.54) is 136 Å². The molecule has 3 aliphatic carbocycles. The van der Waals surface area contributed by atoms with Crippen LogP contribution in [0.2, 0.25) is 0 Å². The van der Waals surface area contributed by atoms with E-state index >= 15 is 0 Å². The minimum Gasteiger partial charge on any atom is -0.311 e. The average Bonchev–Trinajstić information content (AvgIpc) is 3.72. The van der Waals surface area contributed by atoms with Crippen LogP contribution in [-0.4, -0.2) is 6.71 Å². The van der Waals surface area contributed by atoms with Crippen LogP contribution in [0.4, 0.5) is 51.2 Å². The van der Waals surface area contributed by atoms with Gasteiger partial charge in [0.15, 0.2) is 0 Å². The zero-order valence-corrected chi connectivity index (χ0v) is 48.7. The predicted octanol–water partition coefficient (Wildman–Crippen LogP) is 18.2. The van der Waals surface area contributed by atoms with Crippen molar-refractivity contribution in [2.75, 3.05) is 14.7 Å². The van der Waals surface area contributed by atoms with Crippen molar-refractivity contribution in [1.82, 2.24) is 0 Å². The smallest absolute Gasteiger partial charge is 0.252 e. The van der Waals surface area contributed by atoms with Gasteiger partial charge in [-0.3, -0.25) is 0 Å². The molecule has 0 atom stereocenters. The van der Waals surface area contributed by atoms with Crippen LogP contribution in [0.15, 0.2) is 152 Å². The number of nitrogens with zero attached hydrogens (tertiary/aromatic N) is 3. The number of anilines is 9. The summed E-state index contributed by atoms with van der Waals surface area (Å²) in [6.45, 7) is 36.3. The highest BCUT2D eigenvalue weighted by Crippen LogP contribution is 2.56. The molecule has 4 heteroatoms. The van der Waals surface area contributed by atoms with E-state index in [0.29, 0.717) is 0 Å². The number of para-hydroxylation sites is 2. The fraction of sp³-hybridized carbons (Fsp3) is 0.342. The summed E-state index contributed by atoms with van der Waals surface area (Å²) in [5, 5.41) is 0. The van der Waals surface area contributed by atoms with Crippen LogP contribution in [0.3, 0.4) is 0 Å². The quantitative estimate of drug-likeness (QED) is 0.159. The van der Waals surface area contributed by atoms with Gasteiger partial charge in [-0.15, -0.1) is 0 Å². The molecule has 0 saturated carbocycles. The largest absolute Gasteiger partial charge is 0.311 e. The third-order valence-electron chi connectivity index (χ3n) is 19.8. The van der Waals surface area contributed by atoms with E-state index < -0.39 is 0 Å². The first-order chi connectivity index (χ1) is 36.4. The van der Waals surface area contributed by atoms with Crippen molar-refractivity contribution in [2.24, 2.45) is 0 Å². The van der Waals surface area contributed by atoms with Crippen molar-refractivity contribution in [2.45, 2.75) is 162 Å². The molecule has 0 spiro atoms. The first-order valence-corrected chi connectivity index (χ1v) is 28.8. The Labute approximate surface area is 461 Å². The topological polar surface area (TPSA) is 9.72 Å². The van der Waals surface area contributed by atoms with Crippen LogP contribution in [-0.2, 0) is 32.5 Å². The van der Waals surface area contributed by atoms with Crippen LogP contribution < -0.4 is 31.1 Å². The second-order valence-corrected chi connectivity index (χ2v) is 28.1. The van der Waals surface area contributed by atoms with E-state index in [9.17, 15) is 0 Å². The van der Waals surface area contributed by atoms with Gasteiger partial charge in [0, 0.05) is 56.6 Å². The molecular formula is C73H78BN3. The first kappa shape index (κ1) is 49.8. The standard InChI is InChI=1S/C73H78BN3/c1-45-22-16-20-26-61(45)75(62-27-21-17-23-46(62)2)50-30-33-59-63(42-50)76(48-28-31-54-52(40-48)51-24-18-19-25-53(51)73(54,14)15)65-38-47(68(3,4)5)39-66-67(65)74(59)60-43-57-58(72(12,13)37-36-71(57,10)11)44-64(60)77(66)49-29-32-55-56(41-49)70(8,9)35-34-69(55,6)7/h16-33,38-44H,34-37H2,1-15H3. The maximum atomic E-state index is 2.73. The molecule has 0 radical (unpaired) electrons. The summed E-state index contributed by atoms with van der Waals surface area (Å²) in [6.07, 6.45) is 4.68. The number of rotatable bonds is 5. The normalized spacial score (nSPS) is 18.3. The highest BCUT2D eigenvalue weighted by molar-refractivity contribution is 7.00. The van der Waals surface area contributed by atoms with Gasteiger partial charge >= 0.3 is 0 Å². The van der Waals surface area contributed by atoms with E-state index in [1.54, 1.807) is 0 Å². The number of hydrogen-bond acceptors (Lipinski definition) is 3. The van der Waals surface area contributed by atoms with Crippen molar-refractivity contribution in [3.8, 4) is 11.1 Å². The summed E-state index contributed by atoms with van der Waals surface area (Å²) in [7, 11) is 0. The van der Waals surface area contributed by atoms with Crippen LogP contribution in [0.5, 0.6) is 0 Å². The SMILES string of the molecule is Cc1ccccc1N(c1ccc2c(c1)N(c1ccc3c(c1)-c1ccccc1C3(C)C)c1cc(C(C)(C)C)cc3c1B2c1cc2c(cc1N3c1ccc3c(c1)C(C)(C)CCC3(C)C)C(C)(C)CCC2(C)C)c1ccccc1C. The third kappa shape index (κ3) is 7.43. The fourth-order valence-corrected chi connectivity index (χ4v) is 14.8. The van der Waals surface area contributed by atoms with E-state index in [2.05, 4.69) is 270 Å². The van der Waals surface area contributed by atoms with E-state index in [1.807, 2.05) is 0 Å². The Hall–Kier alpha value is -6.78. The number of hydrogen-bond donors (Lipinski definition) is 0. The lowest BCUT2D eigenvalue weighted by Gasteiger charge is -2.48. The van der Waals surface area contributed by atoms with Gasteiger partial charge in [-0.05, 0) is 211 Å². The van der Waals surface area contributed by atoms with Gasteiger partial charge in [0.05, 0.1) is 0 Å². The molecule has 2 heterocycles. The summed E-state index contributed by atoms with van der Waals surface area (Å²) in [4.78, 5) is 7.92. The van der Waals surface area contributed by atoms with Gasteiger partial charge in [-0.2, -0.15) is 0 Å². The number of benzene rings is 8. The molecule has 2 aliphatic heterocycles. The van der Waals surface area contributed by atoms with Gasteiger partial charge < -0.3 is 14.7 Å². The maximum Gasteiger partial charge on any atom is 0.252 e. The molecule has 8 aromatic rings. The van der Waals surface area contributed by atoms with Gasteiger partial charge in [0.2, 0.25) is 0 Å². The van der Waals surface area contributed by atoms with Crippen molar-refractivity contribution in [1.29, 1.82) is 0 Å². The van der Waals surface area contributed by atoms with Gasteiger partial charge in [-0.25, -0.2) is 0 Å². The molecule has 8 aromatic carbocycles. The molecule has 388 valence electrons. The highest BCUT2D eigenvalue weighted by atomic mass is 15.2. The summed E-state index contributed by atoms with van der Waals surface area (Å²) >= 11 is 0. The van der Waals surface area contributed by atoms with Crippen LogP contribution in [0.25, 0.3) is 11.1 Å². The Bertz CT molecular complexity index is 3740. The molecule has 13 rings (SSSR count). The van der Waals surface area contributed by atoms with Crippen molar-refractivity contribution in [3.05, 3.63) is 202 Å². The zero-order chi connectivity index (χ0) is 54.1. The second-order valence-electron chi connectivity index (χ2n) is 28.1. The molecule has 0 fully saturated rings. The number of aryl methyl sites for hydroxylation is 2. The maximum absolute atomic E-state index is 2.73. The van der Waals surface area contributed by atoms with Crippen molar-refractivity contribution >= 4 is 74.3 Å². The first-order valence-electron chi connectivity index (χ1n) is 28.8. The second kappa shape index (κ2) is 16.6. The Morgan fingerprint density at radius 3 is 1.48 bits per heavy atom. The average molecular weight is 1010 g/mol. The van der Waals surface area contributed by atoms with Crippen LogP contribution >= 0.6 is 0 Å². The van der Waals surface area contributed by atoms with Gasteiger partial charge in [0.1, 0.15) is 0 Å². The number of fused-ring (bicyclic) bond motifs is 9. The lowest BCUT2D eigenvalue weighted by Crippen LogP contribution is -2.62. The minimum atomic E-state index is -0.155. The monoisotopic (exact) mass is 1010 g/mol. The Morgan fingerprint density at radius 2 is 0.896 bits per heavy atom. The highest BCUT2D eigenvalue weighted by Gasteiger charge is 2.48. The Balaban J connectivity index is 1.16.